The van der Waals surface area contributed by atoms with Crippen LogP contribution in [0.4, 0.5) is 5.13 Å². The number of allylic oxidation sites excluding steroid dienone is 1. The molecule has 0 amide bonds. The first-order valence-corrected chi connectivity index (χ1v) is 5.77. The monoisotopic (exact) mass is 242 g/mol. The van der Waals surface area contributed by atoms with Crippen LogP contribution in [0.15, 0.2) is 12.7 Å². The minimum atomic E-state index is -0.977. The molecule has 1 fully saturated rings. The van der Waals surface area contributed by atoms with Gasteiger partial charge in [0.15, 0.2) is 0 Å². The van der Waals surface area contributed by atoms with Gasteiger partial charge in [-0.25, -0.2) is 0 Å². The van der Waals surface area contributed by atoms with Gasteiger partial charge in [-0.3, -0.25) is 9.55 Å². The summed E-state index contributed by atoms with van der Waals surface area (Å²) in [4.78, 5) is 1.78. The van der Waals surface area contributed by atoms with Gasteiger partial charge in [-0.2, -0.15) is 0 Å². The summed E-state index contributed by atoms with van der Waals surface area (Å²) in [5, 5.41) is 31.0. The lowest BCUT2D eigenvalue weighted by molar-refractivity contribution is 0.0844. The highest BCUT2D eigenvalue weighted by atomic mass is 32.1. The summed E-state index contributed by atoms with van der Waals surface area (Å²) in [5.74, 6) is 0. The standard InChI is InChI=1S/C9H14N4O2S/c1-3-4-7-10-11-9(16-7)13(15)6-12(2)5-8(13)14/h3,8,14H,1,4-6H2,2H3. The van der Waals surface area contributed by atoms with Crippen molar-refractivity contribution in [3.05, 3.63) is 22.9 Å². The summed E-state index contributed by atoms with van der Waals surface area (Å²) in [7, 11) is 1.80. The van der Waals surface area contributed by atoms with E-state index < -0.39 is 10.9 Å². The number of aliphatic hydroxyl groups excluding tert-OH is 1. The second-order valence-corrected chi connectivity index (χ2v) is 4.97. The maximum absolute atomic E-state index is 12.4. The van der Waals surface area contributed by atoms with Crippen molar-refractivity contribution in [2.75, 3.05) is 20.3 Å². The van der Waals surface area contributed by atoms with Crippen molar-refractivity contribution in [3.63, 3.8) is 0 Å². The molecule has 0 aromatic carbocycles. The summed E-state index contributed by atoms with van der Waals surface area (Å²) in [6.07, 6.45) is 1.34. The lowest BCUT2D eigenvalue weighted by Crippen LogP contribution is -2.48. The molecule has 0 aliphatic carbocycles. The Morgan fingerprint density at radius 3 is 3.06 bits per heavy atom. The van der Waals surface area contributed by atoms with Crippen LogP contribution in [-0.4, -0.2) is 46.7 Å². The second kappa shape index (κ2) is 4.19. The van der Waals surface area contributed by atoms with Gasteiger partial charge in [0.05, 0.1) is 6.54 Å². The predicted molar refractivity (Wildman–Crippen MR) is 62.5 cm³/mol. The molecule has 2 rings (SSSR count). The molecule has 1 saturated heterocycles. The number of aromatic nitrogens is 2. The molecule has 1 aliphatic rings. The van der Waals surface area contributed by atoms with Crippen molar-refractivity contribution in [1.82, 2.24) is 19.7 Å². The number of aliphatic hydroxyl groups is 1. The highest BCUT2D eigenvalue weighted by molar-refractivity contribution is 7.15. The first-order chi connectivity index (χ1) is 7.56. The van der Waals surface area contributed by atoms with Crippen LogP contribution in [0.5, 0.6) is 0 Å². The highest BCUT2D eigenvalue weighted by Gasteiger charge is 2.41. The average Bonchev–Trinajstić information content (AvgIpc) is 2.75. The molecular formula is C9H14N4O2S. The number of rotatable bonds is 3. The molecule has 2 unspecified atom stereocenters. The molecule has 1 aromatic rings. The zero-order valence-electron chi connectivity index (χ0n) is 9.04. The van der Waals surface area contributed by atoms with Crippen molar-refractivity contribution in [3.8, 4) is 0 Å². The van der Waals surface area contributed by atoms with Crippen LogP contribution in [0.1, 0.15) is 5.01 Å². The van der Waals surface area contributed by atoms with Crippen molar-refractivity contribution in [2.24, 2.45) is 0 Å². The molecule has 6 nitrogen and oxygen atoms in total. The Bertz CT molecular complexity index is 397. The molecule has 1 N–H and O–H groups in total. The van der Waals surface area contributed by atoms with Crippen LogP contribution in [0.2, 0.25) is 0 Å². The van der Waals surface area contributed by atoms with Gasteiger partial charge in [0, 0.05) is 6.42 Å². The van der Waals surface area contributed by atoms with Crippen LogP contribution in [-0.2, 0) is 6.42 Å². The lowest BCUT2D eigenvalue weighted by Gasteiger charge is -2.36. The largest absolute Gasteiger partial charge is 0.623 e. The Morgan fingerprint density at radius 1 is 1.75 bits per heavy atom. The SMILES string of the molecule is C=CCc1nnc([N+]2([O-])CN(C)CC2O)s1. The zero-order valence-corrected chi connectivity index (χ0v) is 9.85. The number of quaternary nitrogens is 1. The first kappa shape index (κ1) is 11.6. The van der Waals surface area contributed by atoms with Crippen molar-refractivity contribution in [1.29, 1.82) is 0 Å². The van der Waals surface area contributed by atoms with Crippen LogP contribution in [0, 0.1) is 5.21 Å². The van der Waals surface area contributed by atoms with E-state index in [0.29, 0.717) is 18.1 Å². The maximum atomic E-state index is 12.4. The van der Waals surface area contributed by atoms with Crippen molar-refractivity contribution < 1.29 is 5.11 Å². The molecule has 1 aliphatic heterocycles. The number of β-amino-alcohol motifs (C(OH)–C–C–N with tert-alkyl or cyclic N) is 1. The van der Waals surface area contributed by atoms with Gasteiger partial charge in [0.1, 0.15) is 11.7 Å². The van der Waals surface area contributed by atoms with E-state index in [-0.39, 0.29) is 6.67 Å². The minimum absolute atomic E-state index is 0.212. The second-order valence-electron chi connectivity index (χ2n) is 3.93. The molecule has 0 spiro atoms. The Morgan fingerprint density at radius 2 is 2.50 bits per heavy atom. The number of hydroxylamine groups is 2. The van der Waals surface area contributed by atoms with E-state index in [1.54, 1.807) is 18.0 Å². The first-order valence-electron chi connectivity index (χ1n) is 4.95. The van der Waals surface area contributed by atoms with Crippen molar-refractivity contribution >= 4 is 16.5 Å². The molecular weight excluding hydrogens is 228 g/mol. The van der Waals surface area contributed by atoms with E-state index in [1.165, 1.54) is 11.3 Å². The van der Waals surface area contributed by atoms with E-state index >= 15 is 0 Å². The molecule has 0 saturated carbocycles. The predicted octanol–water partition coefficient (Wildman–Crippen LogP) is 0.293. The fourth-order valence-electron chi connectivity index (χ4n) is 1.71. The fraction of sp³-hybridized carbons (Fsp3) is 0.556. The lowest BCUT2D eigenvalue weighted by atomic mass is 10.5. The van der Waals surface area contributed by atoms with Crippen LogP contribution >= 0.6 is 11.3 Å². The summed E-state index contributed by atoms with van der Waals surface area (Å²) in [6, 6.07) is 0. The topological polar surface area (TPSA) is 72.3 Å². The van der Waals surface area contributed by atoms with E-state index in [9.17, 15) is 10.3 Å². The normalized spacial score (nSPS) is 30.8. The van der Waals surface area contributed by atoms with E-state index in [1.807, 2.05) is 0 Å². The number of nitrogens with zero attached hydrogens (tertiary/aromatic N) is 4. The zero-order chi connectivity index (χ0) is 11.8. The van der Waals surface area contributed by atoms with E-state index in [4.69, 9.17) is 0 Å². The van der Waals surface area contributed by atoms with Gasteiger partial charge in [0.2, 0.25) is 6.23 Å². The van der Waals surface area contributed by atoms with Gasteiger partial charge in [-0.15, -0.1) is 11.7 Å². The number of hydrogen-bond donors (Lipinski definition) is 1. The van der Waals surface area contributed by atoms with Gasteiger partial charge in [0.25, 0.3) is 0 Å². The molecule has 16 heavy (non-hydrogen) atoms. The third-order valence-corrected chi connectivity index (χ3v) is 3.56. The van der Waals surface area contributed by atoms with Crippen molar-refractivity contribution in [2.45, 2.75) is 12.6 Å². The Hall–Kier alpha value is -0.860. The molecule has 2 atom stereocenters. The Kier molecular flexibility index (Phi) is 3.04. The number of hydrogen-bond acceptors (Lipinski definition) is 6. The maximum Gasteiger partial charge on any atom is 0.309 e. The van der Waals surface area contributed by atoms with Gasteiger partial charge in [-0.1, -0.05) is 11.2 Å². The number of likely N-dealkylation sites (N-methyl/N-ethyl adjacent to an activating group) is 1. The molecule has 7 heteroatoms. The molecule has 88 valence electrons. The summed E-state index contributed by atoms with van der Waals surface area (Å²) in [5.41, 5.74) is 0. The molecule has 0 bridgehead atoms. The minimum Gasteiger partial charge on any atom is -0.623 e. The summed E-state index contributed by atoms with van der Waals surface area (Å²) < 4.78 is -0.814. The van der Waals surface area contributed by atoms with Gasteiger partial charge in [-0.05, 0) is 18.4 Å². The van der Waals surface area contributed by atoms with Crippen LogP contribution in [0.3, 0.4) is 0 Å². The van der Waals surface area contributed by atoms with Gasteiger partial charge >= 0.3 is 5.13 Å². The summed E-state index contributed by atoms with van der Waals surface area (Å²) in [6.45, 7) is 4.18. The molecule has 2 heterocycles. The fourth-order valence-corrected chi connectivity index (χ4v) is 2.62. The average molecular weight is 242 g/mol. The smallest absolute Gasteiger partial charge is 0.309 e. The van der Waals surface area contributed by atoms with E-state index in [0.717, 1.165) is 5.01 Å². The highest BCUT2D eigenvalue weighted by Crippen LogP contribution is 2.32. The quantitative estimate of drug-likeness (QED) is 0.468. The Balaban J connectivity index is 2.25. The third-order valence-electron chi connectivity index (χ3n) is 2.51. The molecule has 1 aromatic heterocycles. The van der Waals surface area contributed by atoms with Crippen LogP contribution < -0.4 is 4.65 Å². The van der Waals surface area contributed by atoms with Gasteiger partial charge < -0.3 is 10.3 Å². The Labute approximate surface area is 97.6 Å². The summed E-state index contributed by atoms with van der Waals surface area (Å²) >= 11 is 1.24. The van der Waals surface area contributed by atoms with Crippen LogP contribution in [0.25, 0.3) is 0 Å². The third kappa shape index (κ3) is 1.87. The molecule has 0 radical (unpaired) electrons. The van der Waals surface area contributed by atoms with E-state index in [2.05, 4.69) is 16.8 Å².